The number of aromatic nitrogens is 17. The molecule has 2 aliphatic rings. The quantitative estimate of drug-likeness (QED) is 0.0337. The van der Waals surface area contributed by atoms with Gasteiger partial charge in [-0.1, -0.05) is 171 Å². The number of amides is 1. The number of aryl methyl sites for hydroxylation is 3. The molecule has 0 aliphatic carbocycles. The van der Waals surface area contributed by atoms with Gasteiger partial charge in [0.15, 0.2) is 17.1 Å². The van der Waals surface area contributed by atoms with Gasteiger partial charge in [0.1, 0.15) is 83.1 Å². The summed E-state index contributed by atoms with van der Waals surface area (Å²) >= 11 is 3.60. The number of nitrogens with zero attached hydrogens (tertiary/aromatic N) is 19. The molecule has 34 nitrogen and oxygen atoms in total. The smallest absolute Gasteiger partial charge is 0.407 e. The van der Waals surface area contributed by atoms with Crippen LogP contribution in [-0.4, -0.2) is 165 Å². The lowest BCUT2D eigenvalue weighted by Crippen LogP contribution is -2.32. The van der Waals surface area contributed by atoms with Crippen LogP contribution in [-0.2, 0) is 44.9 Å². The van der Waals surface area contributed by atoms with Gasteiger partial charge in [0, 0.05) is 112 Å². The van der Waals surface area contributed by atoms with E-state index in [-0.39, 0.29) is 19.1 Å². The lowest BCUT2D eigenvalue weighted by molar-refractivity contribution is 0.140. The molecule has 2 fully saturated rings. The zero-order valence-corrected chi connectivity index (χ0v) is 90.2. The summed E-state index contributed by atoms with van der Waals surface area (Å²) in [5, 5.41) is 41.1. The van der Waals surface area contributed by atoms with Crippen LogP contribution in [0.4, 0.5) is 51.3 Å². The van der Waals surface area contributed by atoms with Crippen molar-refractivity contribution in [3.8, 4) is 11.1 Å². The second-order valence-electron chi connectivity index (χ2n) is 40.2. The number of ether oxygens (including phenoxy) is 1. The number of rotatable bonds is 20. The van der Waals surface area contributed by atoms with Crippen LogP contribution in [0.1, 0.15) is 268 Å². The van der Waals surface area contributed by atoms with Crippen LogP contribution < -0.4 is 56.5 Å². The number of alkyl carbamates (subject to hydrolysis) is 1. The predicted octanol–water partition coefficient (Wildman–Crippen LogP) is 21.3. The van der Waals surface area contributed by atoms with E-state index in [1.54, 1.807) is 40.9 Å². The molecule has 19 N–H and O–H groups in total. The molecule has 0 unspecified atom stereocenters. The van der Waals surface area contributed by atoms with E-state index >= 15 is 0 Å². The van der Waals surface area contributed by atoms with Gasteiger partial charge >= 0.3 is 6.09 Å². The third-order valence-corrected chi connectivity index (χ3v) is 28.4. The second kappa shape index (κ2) is 49.2. The van der Waals surface area contributed by atoms with Crippen molar-refractivity contribution in [3.63, 3.8) is 0 Å². The minimum absolute atomic E-state index is 0.0260. The van der Waals surface area contributed by atoms with Crippen molar-refractivity contribution in [1.29, 1.82) is 0 Å². The first kappa shape index (κ1) is 109. The number of thiophene rings is 2. The molecule has 20 rings (SSSR count). The average Bonchev–Trinajstić information content (AvgIpc) is 1.60. The van der Waals surface area contributed by atoms with E-state index in [2.05, 4.69) is 257 Å². The number of carbonyl (C=O) groups excluding carboxylic acids is 1. The van der Waals surface area contributed by atoms with E-state index in [9.17, 15) is 4.79 Å². The third kappa shape index (κ3) is 25.4. The van der Waals surface area contributed by atoms with Crippen LogP contribution in [0.5, 0.6) is 0 Å². The van der Waals surface area contributed by atoms with Crippen molar-refractivity contribution in [3.05, 3.63) is 219 Å². The number of piperidine rings is 2. The van der Waals surface area contributed by atoms with E-state index < -0.39 is 6.09 Å². The average molecular weight is 2020 g/mol. The SMILES string of the molecule is CC(C)c1cccc2c1c(N)nn2C.CC(C)c1cn(C)c2ncnc(N)c12.CC(C)c1coc2c(CCNC(=O)OCc3ccccc3)cnc(N)c12.CC(C)c1csc2c(-c3cccc(CN(C)C)c3)cnc(N)c12.CC(C)c1csc2c(C3CCNCC3)cnc(N)c12.CC(C)c1nn(C2CCN(C)CC2)c2ncnc(N)c12.CC(C)c1nn(CCO)c2ncnc(N)c12.Cc1cnc(N)c2c(C(C)C)coc12. The first-order valence-corrected chi connectivity index (χ1v) is 52.0. The number of nitrogens with one attached hydrogen (secondary N) is 2. The fourth-order valence-corrected chi connectivity index (χ4v) is 21.1. The number of benzene rings is 3. The Morgan fingerprint density at radius 2 is 1.02 bits per heavy atom. The maximum Gasteiger partial charge on any atom is 0.407 e. The van der Waals surface area contributed by atoms with Gasteiger partial charge in [-0.2, -0.15) is 15.3 Å². The minimum atomic E-state index is -0.448. The summed E-state index contributed by atoms with van der Waals surface area (Å²) in [4.78, 5) is 58.6. The zero-order valence-electron chi connectivity index (χ0n) is 88.5. The van der Waals surface area contributed by atoms with Crippen LogP contribution in [0.15, 0.2) is 155 Å². The van der Waals surface area contributed by atoms with Gasteiger partial charge in [0.25, 0.3) is 0 Å². The van der Waals surface area contributed by atoms with E-state index in [1.807, 2.05) is 104 Å². The summed E-state index contributed by atoms with van der Waals surface area (Å²) in [6.07, 6.45) is 22.1. The molecule has 774 valence electrons. The Bertz CT molecular complexity index is 7420. The summed E-state index contributed by atoms with van der Waals surface area (Å²) in [7, 11) is 10.2. The molecule has 1 amide bonds. The van der Waals surface area contributed by atoms with E-state index in [0.717, 1.165) is 150 Å². The number of anilines is 8. The van der Waals surface area contributed by atoms with Gasteiger partial charge in [-0.25, -0.2) is 64.0 Å². The van der Waals surface area contributed by atoms with Gasteiger partial charge in [-0.3, -0.25) is 4.68 Å². The number of nitrogen functional groups attached to an aromatic ring is 8. The number of hydrogen-bond donors (Lipinski definition) is 11. The molecule has 0 atom stereocenters. The van der Waals surface area contributed by atoms with Crippen LogP contribution in [0.25, 0.3) is 97.2 Å². The molecule has 3 aromatic carbocycles. The Hall–Kier alpha value is -14.0. The molecule has 0 saturated carbocycles. The summed E-state index contributed by atoms with van der Waals surface area (Å²) in [6.45, 7) is 42.6. The van der Waals surface area contributed by atoms with Gasteiger partial charge in [0.05, 0.1) is 75.6 Å². The fraction of sp³-hybridized carbons (Fsp3) is 0.418. The Morgan fingerprint density at radius 3 is 1.62 bits per heavy atom. The Kier molecular flexibility index (Phi) is 36.8. The second-order valence-corrected chi connectivity index (χ2v) is 41.9. The van der Waals surface area contributed by atoms with Crippen molar-refractivity contribution in [2.75, 3.05) is 106 Å². The number of nitrogens with two attached hydrogens (primary N) is 8. The van der Waals surface area contributed by atoms with Crippen molar-refractivity contribution < 1.29 is 23.5 Å². The lowest BCUT2D eigenvalue weighted by Gasteiger charge is -2.29. The third-order valence-electron chi connectivity index (χ3n) is 26.3. The molecule has 17 heterocycles. The Labute approximate surface area is 862 Å². The first-order chi connectivity index (χ1) is 69.8. The van der Waals surface area contributed by atoms with Crippen LogP contribution in [0, 0.1) is 6.92 Å². The summed E-state index contributed by atoms with van der Waals surface area (Å²) in [5.74, 6) is 8.30. The molecular weight excluding hydrogens is 1870 g/mol. The highest BCUT2D eigenvalue weighted by Crippen LogP contribution is 2.44. The zero-order chi connectivity index (χ0) is 105. The molecule has 0 bridgehead atoms. The van der Waals surface area contributed by atoms with Crippen LogP contribution in [0.3, 0.4) is 0 Å². The molecule has 2 aliphatic heterocycles. The maximum absolute atomic E-state index is 11.8. The highest BCUT2D eigenvalue weighted by Gasteiger charge is 2.29. The number of hydrogen-bond acceptors (Lipinski definition) is 31. The molecule has 0 spiro atoms. The van der Waals surface area contributed by atoms with E-state index in [1.165, 1.54) is 91.1 Å². The summed E-state index contributed by atoms with van der Waals surface area (Å²) in [5.41, 5.74) is 70.1. The highest BCUT2D eigenvalue weighted by atomic mass is 32.1. The largest absolute Gasteiger partial charge is 0.464 e. The number of carbonyl (C=O) groups is 1. The lowest BCUT2D eigenvalue weighted by atomic mass is 9.90. The molecule has 36 heteroatoms. The molecule has 2 saturated heterocycles. The number of aliphatic hydroxyl groups excluding tert-OH is 1. The summed E-state index contributed by atoms with van der Waals surface area (Å²) in [6, 6.07) is 24.9. The number of pyridine rings is 4. The van der Waals surface area contributed by atoms with Crippen molar-refractivity contribution in [2.45, 2.75) is 229 Å². The number of aliphatic hydroxyl groups is 1. The van der Waals surface area contributed by atoms with Crippen molar-refractivity contribution >= 4 is 161 Å². The molecular formula is C110H147N29O5S2. The van der Waals surface area contributed by atoms with Crippen LogP contribution >= 0.6 is 22.7 Å². The number of fused-ring (bicyclic) bond motifs is 8. The predicted molar refractivity (Wildman–Crippen MR) is 599 cm³/mol. The maximum atomic E-state index is 11.8. The first-order valence-electron chi connectivity index (χ1n) is 50.2. The molecule has 15 aromatic heterocycles. The van der Waals surface area contributed by atoms with Gasteiger partial charge in [-0.15, -0.1) is 22.7 Å². The Balaban J connectivity index is 0.000000141. The summed E-state index contributed by atoms with van der Waals surface area (Å²) < 4.78 is 26.6. The Morgan fingerprint density at radius 1 is 0.507 bits per heavy atom. The van der Waals surface area contributed by atoms with E-state index in [4.69, 9.17) is 69.6 Å². The van der Waals surface area contributed by atoms with E-state index in [0.29, 0.717) is 125 Å². The molecule has 18 aromatic rings. The molecule has 146 heavy (non-hydrogen) atoms. The van der Waals surface area contributed by atoms with Crippen molar-refractivity contribution in [2.24, 2.45) is 14.1 Å². The van der Waals surface area contributed by atoms with Crippen LogP contribution in [0.2, 0.25) is 0 Å². The van der Waals surface area contributed by atoms with Crippen molar-refractivity contribution in [1.82, 2.24) is 104 Å². The molecule has 0 radical (unpaired) electrons. The topological polar surface area (TPSA) is 499 Å². The van der Waals surface area contributed by atoms with Gasteiger partial charge < -0.3 is 89.5 Å². The monoisotopic (exact) mass is 2020 g/mol. The van der Waals surface area contributed by atoms with Gasteiger partial charge in [0.2, 0.25) is 0 Å². The highest BCUT2D eigenvalue weighted by molar-refractivity contribution is 7.18. The number of furan rings is 2. The van der Waals surface area contributed by atoms with Gasteiger partial charge in [-0.05, 0) is 207 Å². The fourth-order valence-electron chi connectivity index (χ4n) is 18.5. The standard InChI is InChI=1S/C20H23N3O3.C19H23N3S.C15H21N3S.C14H22N6.C11H15N3.C11H14N2O.C10H15N5O.C10H14N4/c1-13(2)16-12-25-18-15(10-23-19(21)17(16)18)8-9-22-20(24)26-11-14-6-4-3-5-7-14;1-12(2)16-11-23-18-15(9-21-19(20)17(16)18)14-7-5-6-13(8-14)10-22(3)4;1-9(2)12-8-19-14-11(7-18-15(16)13(12)14)10-3-5-17-6-4-10;1-9(2)12-11-13(15)16-8-17-14(11)20(18-12)10-4-6-19(3)7-5-10;1-7(2)8-5-4-6-9-10(8)11(12)13-14(9)3;1-6(2)8-5-14-10-7(3)4-13-11(12)9(8)10;1-6(2)8-7-9(11)12-5-13-10(7)15(14-8)3-4-16;1-6(2)7-4-14(3)10-8(7)9(11)12-5-13-10/h3-7,10,12-13H,8-9,11H2,1-2H3,(H2,21,23)(H,22,24);5-9,11-12H,10H2,1-4H3,(H2,20,21);7-10,17H,3-6H2,1-2H3,(H2,16,18);8-10H,4-7H2,1-3H3,(H2,15,16,17);4-7H,1-3H3,(H2,12,13);4-6H,1-3H3,(H2,12,13);5-6,16H,3-4H2,1-2H3,(H2,11,12,13);4-6H,1-3H3,(H2,11,12,13). The number of likely N-dealkylation sites (tertiary alicyclic amines) is 1. The minimum Gasteiger partial charge on any atom is -0.464 e. The normalized spacial score (nSPS) is 13.1.